The lowest BCUT2D eigenvalue weighted by molar-refractivity contribution is 0.0356. The van der Waals surface area contributed by atoms with Crippen molar-refractivity contribution in [3.05, 3.63) is 52.4 Å². The molecule has 0 spiro atoms. The predicted octanol–water partition coefficient (Wildman–Crippen LogP) is 3.37. The SMILES string of the molecule is CC(CO)N1C[C@H](C)[C@H](CN(C)C(=O)Nc2ccc(F)cc2)Oc2ncc(Br)cc2C1=O. The molecule has 3 atom stereocenters. The van der Waals surface area contributed by atoms with Crippen molar-refractivity contribution in [2.24, 2.45) is 5.92 Å². The Hall–Kier alpha value is -2.72. The molecule has 2 N–H and O–H groups in total. The topological polar surface area (TPSA) is 95.0 Å². The van der Waals surface area contributed by atoms with Gasteiger partial charge in [-0.1, -0.05) is 6.92 Å². The Labute approximate surface area is 194 Å². The van der Waals surface area contributed by atoms with Gasteiger partial charge in [-0.15, -0.1) is 0 Å². The Balaban J connectivity index is 1.81. The van der Waals surface area contributed by atoms with Gasteiger partial charge < -0.3 is 25.0 Å². The highest BCUT2D eigenvalue weighted by atomic mass is 79.9. The Kier molecular flexibility index (Phi) is 7.68. The Morgan fingerprint density at radius 3 is 2.78 bits per heavy atom. The van der Waals surface area contributed by atoms with Gasteiger partial charge in [0.15, 0.2) is 0 Å². The molecule has 2 heterocycles. The van der Waals surface area contributed by atoms with E-state index < -0.39 is 12.1 Å². The molecule has 8 nitrogen and oxygen atoms in total. The van der Waals surface area contributed by atoms with Crippen LogP contribution in [0.5, 0.6) is 5.88 Å². The van der Waals surface area contributed by atoms with Crippen LogP contribution in [0, 0.1) is 11.7 Å². The summed E-state index contributed by atoms with van der Waals surface area (Å²) >= 11 is 3.34. The minimum Gasteiger partial charge on any atom is -0.472 e. The smallest absolute Gasteiger partial charge is 0.321 e. The number of carbonyl (C=O) groups is 2. The summed E-state index contributed by atoms with van der Waals surface area (Å²) in [6.45, 7) is 4.08. The van der Waals surface area contributed by atoms with Gasteiger partial charge in [0, 0.05) is 35.9 Å². The fraction of sp³-hybridized carbons (Fsp3) is 0.409. The van der Waals surface area contributed by atoms with E-state index in [1.54, 1.807) is 31.1 Å². The highest BCUT2D eigenvalue weighted by Gasteiger charge is 2.34. The monoisotopic (exact) mass is 508 g/mol. The first-order valence-electron chi connectivity index (χ1n) is 10.2. The molecule has 32 heavy (non-hydrogen) atoms. The maximum Gasteiger partial charge on any atom is 0.321 e. The summed E-state index contributed by atoms with van der Waals surface area (Å²) in [5.74, 6) is -0.644. The van der Waals surface area contributed by atoms with Crippen LogP contribution in [-0.4, -0.2) is 70.7 Å². The number of ether oxygens (including phenoxy) is 1. The number of rotatable bonds is 5. The number of aliphatic hydroxyl groups is 1. The van der Waals surface area contributed by atoms with Crippen LogP contribution in [0.2, 0.25) is 0 Å². The number of hydrogen-bond donors (Lipinski definition) is 2. The lowest BCUT2D eigenvalue weighted by atomic mass is 10.0. The van der Waals surface area contributed by atoms with E-state index in [1.807, 2.05) is 6.92 Å². The van der Waals surface area contributed by atoms with Gasteiger partial charge in [0.2, 0.25) is 5.88 Å². The van der Waals surface area contributed by atoms with Gasteiger partial charge in [0.05, 0.1) is 19.2 Å². The largest absolute Gasteiger partial charge is 0.472 e. The molecule has 1 aromatic carbocycles. The minimum absolute atomic E-state index is 0.160. The number of anilines is 1. The number of likely N-dealkylation sites (N-methyl/N-ethyl adjacent to an activating group) is 1. The maximum absolute atomic E-state index is 13.1. The summed E-state index contributed by atoms with van der Waals surface area (Å²) in [5.41, 5.74) is 0.760. The van der Waals surface area contributed by atoms with Gasteiger partial charge >= 0.3 is 6.03 Å². The van der Waals surface area contributed by atoms with Crippen LogP contribution in [-0.2, 0) is 0 Å². The first-order valence-corrected chi connectivity index (χ1v) is 11.0. The lowest BCUT2D eigenvalue weighted by Crippen LogP contribution is -2.50. The molecule has 1 unspecified atom stereocenters. The van der Waals surface area contributed by atoms with E-state index in [-0.39, 0.29) is 48.3 Å². The number of urea groups is 1. The number of hydrogen-bond acceptors (Lipinski definition) is 5. The first kappa shape index (κ1) is 23.9. The lowest BCUT2D eigenvalue weighted by Gasteiger charge is -2.37. The molecule has 0 bridgehead atoms. The molecule has 3 amide bonds. The molecule has 1 aromatic heterocycles. The molecule has 172 valence electrons. The number of fused-ring (bicyclic) bond motifs is 1. The van der Waals surface area contributed by atoms with Gasteiger partial charge in [0.25, 0.3) is 5.91 Å². The number of benzene rings is 1. The Morgan fingerprint density at radius 2 is 2.12 bits per heavy atom. The molecule has 0 aliphatic carbocycles. The van der Waals surface area contributed by atoms with E-state index in [0.29, 0.717) is 16.7 Å². The molecule has 0 fully saturated rings. The number of carbonyl (C=O) groups excluding carboxylic acids is 2. The van der Waals surface area contributed by atoms with E-state index in [4.69, 9.17) is 4.74 Å². The average Bonchev–Trinajstić information content (AvgIpc) is 2.77. The Bertz CT molecular complexity index is 975. The van der Waals surface area contributed by atoms with E-state index in [0.717, 1.165) is 0 Å². The van der Waals surface area contributed by atoms with Gasteiger partial charge in [-0.3, -0.25) is 4.79 Å². The van der Waals surface area contributed by atoms with E-state index in [1.165, 1.54) is 29.2 Å². The molecule has 10 heteroatoms. The van der Waals surface area contributed by atoms with Gasteiger partial charge in [-0.05, 0) is 53.2 Å². The number of halogens is 2. The summed E-state index contributed by atoms with van der Waals surface area (Å²) < 4.78 is 19.8. The molecule has 3 rings (SSSR count). The second kappa shape index (κ2) is 10.3. The predicted molar refractivity (Wildman–Crippen MR) is 121 cm³/mol. The summed E-state index contributed by atoms with van der Waals surface area (Å²) in [6, 6.07) is 6.36. The zero-order valence-corrected chi connectivity index (χ0v) is 19.7. The fourth-order valence-electron chi connectivity index (χ4n) is 3.40. The van der Waals surface area contributed by atoms with Gasteiger partial charge in [0.1, 0.15) is 17.5 Å². The third kappa shape index (κ3) is 5.55. The standard InChI is InChI=1S/C22H26BrFN4O4/c1-13-10-28(14(2)12-29)21(30)18-8-15(23)9-25-20(18)32-19(13)11-27(3)22(31)26-17-6-4-16(24)5-7-17/h4-9,13-14,19,29H,10-12H2,1-3H3,(H,26,31)/t13-,14?,19-/m0/s1. The van der Waals surface area contributed by atoms with Crippen LogP contribution in [0.3, 0.4) is 0 Å². The number of amides is 3. The number of nitrogens with zero attached hydrogens (tertiary/aromatic N) is 3. The minimum atomic E-state index is -0.465. The summed E-state index contributed by atoms with van der Waals surface area (Å²) in [7, 11) is 1.63. The van der Waals surface area contributed by atoms with E-state index in [2.05, 4.69) is 26.2 Å². The zero-order chi connectivity index (χ0) is 23.4. The number of pyridine rings is 1. The van der Waals surface area contributed by atoms with Crippen molar-refractivity contribution in [1.29, 1.82) is 0 Å². The fourth-order valence-corrected chi connectivity index (χ4v) is 3.73. The van der Waals surface area contributed by atoms with Gasteiger partial charge in [-0.25, -0.2) is 14.2 Å². The average molecular weight is 509 g/mol. The third-order valence-electron chi connectivity index (χ3n) is 5.38. The summed E-state index contributed by atoms with van der Waals surface area (Å²) in [6.07, 6.45) is 1.08. The van der Waals surface area contributed by atoms with Crippen LogP contribution >= 0.6 is 15.9 Å². The number of nitrogens with one attached hydrogen (secondary N) is 1. The van der Waals surface area contributed by atoms with E-state index in [9.17, 15) is 19.1 Å². The van der Waals surface area contributed by atoms with Crippen molar-refractivity contribution in [1.82, 2.24) is 14.8 Å². The number of aliphatic hydroxyl groups excluding tert-OH is 1. The van der Waals surface area contributed by atoms with Crippen LogP contribution in [0.25, 0.3) is 0 Å². The molecule has 1 aliphatic heterocycles. The van der Waals surface area contributed by atoms with Crippen molar-refractivity contribution < 1.29 is 23.8 Å². The van der Waals surface area contributed by atoms with Crippen molar-refractivity contribution >= 4 is 33.6 Å². The molecule has 0 saturated heterocycles. The zero-order valence-electron chi connectivity index (χ0n) is 18.1. The highest BCUT2D eigenvalue weighted by molar-refractivity contribution is 9.10. The van der Waals surface area contributed by atoms with Crippen molar-refractivity contribution in [2.45, 2.75) is 26.0 Å². The summed E-state index contributed by atoms with van der Waals surface area (Å²) in [4.78, 5) is 33.1. The molecular formula is C22H26BrFN4O4. The van der Waals surface area contributed by atoms with Crippen LogP contribution in [0.4, 0.5) is 14.9 Å². The molecular weight excluding hydrogens is 483 g/mol. The quantitative estimate of drug-likeness (QED) is 0.645. The van der Waals surface area contributed by atoms with Crippen LogP contribution in [0.15, 0.2) is 41.0 Å². The molecule has 1 aliphatic rings. The number of aromatic nitrogens is 1. The highest BCUT2D eigenvalue weighted by Crippen LogP contribution is 2.28. The van der Waals surface area contributed by atoms with Crippen LogP contribution < -0.4 is 10.1 Å². The van der Waals surface area contributed by atoms with E-state index >= 15 is 0 Å². The van der Waals surface area contributed by atoms with Crippen LogP contribution in [0.1, 0.15) is 24.2 Å². The van der Waals surface area contributed by atoms with Crippen molar-refractivity contribution in [3.8, 4) is 5.88 Å². The third-order valence-corrected chi connectivity index (χ3v) is 5.82. The molecule has 2 aromatic rings. The van der Waals surface area contributed by atoms with Gasteiger partial charge in [-0.2, -0.15) is 0 Å². The normalized spacial score (nSPS) is 19.3. The van der Waals surface area contributed by atoms with Crippen molar-refractivity contribution in [2.75, 3.05) is 32.1 Å². The summed E-state index contributed by atoms with van der Waals surface area (Å²) in [5, 5.41) is 12.4. The first-order chi connectivity index (χ1) is 15.2. The van der Waals surface area contributed by atoms with Crippen molar-refractivity contribution in [3.63, 3.8) is 0 Å². The molecule has 0 radical (unpaired) electrons. The Morgan fingerprint density at radius 1 is 1.44 bits per heavy atom. The second-order valence-corrected chi connectivity index (χ2v) is 8.86. The second-order valence-electron chi connectivity index (χ2n) is 7.95. The molecule has 0 saturated carbocycles. The maximum atomic E-state index is 13.1.